The highest BCUT2D eigenvalue weighted by atomic mass is 32.2. The zero-order valence-corrected chi connectivity index (χ0v) is 17.2. The molecule has 3 aromatic rings. The third kappa shape index (κ3) is 5.16. The van der Waals surface area contributed by atoms with Crippen LogP contribution in [0.25, 0.3) is 10.9 Å². The standard InChI is InChI=1S/C21H24N2O5S/c1-3-27-19-9-5-15(13-20(19)28-4-2)11-12-22-29(25,26)17-7-8-18-16(14-17)6-10-21(24)23-18/h5-10,13-14,22H,3-4,11-12H2,1-2H3,(H,23,24). The summed E-state index contributed by atoms with van der Waals surface area (Å²) in [5, 5.41) is 0.653. The number of nitrogens with one attached hydrogen (secondary N) is 2. The predicted molar refractivity (Wildman–Crippen MR) is 112 cm³/mol. The largest absolute Gasteiger partial charge is 0.490 e. The Morgan fingerprint density at radius 2 is 1.69 bits per heavy atom. The van der Waals surface area contributed by atoms with Crippen molar-refractivity contribution >= 4 is 20.9 Å². The molecule has 0 aliphatic rings. The second kappa shape index (κ2) is 9.11. The molecule has 2 aromatic carbocycles. The van der Waals surface area contributed by atoms with Gasteiger partial charge in [-0.1, -0.05) is 6.07 Å². The summed E-state index contributed by atoms with van der Waals surface area (Å²) in [6, 6.07) is 13.2. The number of pyridine rings is 1. The van der Waals surface area contributed by atoms with Crippen LogP contribution in [-0.4, -0.2) is 33.2 Å². The summed E-state index contributed by atoms with van der Waals surface area (Å²) in [4.78, 5) is 14.2. The first-order valence-corrected chi connectivity index (χ1v) is 10.9. The van der Waals surface area contributed by atoms with E-state index in [1.54, 1.807) is 12.1 Å². The van der Waals surface area contributed by atoms with Crippen LogP contribution in [0.1, 0.15) is 19.4 Å². The maximum atomic E-state index is 12.6. The van der Waals surface area contributed by atoms with Crippen molar-refractivity contribution in [2.24, 2.45) is 0 Å². The number of sulfonamides is 1. The Bertz CT molecular complexity index is 1160. The number of rotatable bonds is 9. The number of fused-ring (bicyclic) bond motifs is 1. The molecule has 0 saturated heterocycles. The monoisotopic (exact) mass is 416 g/mol. The molecule has 0 aliphatic carbocycles. The molecule has 0 radical (unpaired) electrons. The van der Waals surface area contributed by atoms with E-state index in [4.69, 9.17) is 9.47 Å². The topological polar surface area (TPSA) is 97.5 Å². The van der Waals surface area contributed by atoms with Crippen molar-refractivity contribution in [3.8, 4) is 11.5 Å². The molecule has 0 spiro atoms. The first-order valence-electron chi connectivity index (χ1n) is 9.44. The van der Waals surface area contributed by atoms with Crippen LogP contribution in [0.4, 0.5) is 0 Å². The number of hydrogen-bond donors (Lipinski definition) is 2. The first-order chi connectivity index (χ1) is 13.9. The highest BCUT2D eigenvalue weighted by Gasteiger charge is 2.14. The summed E-state index contributed by atoms with van der Waals surface area (Å²) >= 11 is 0. The van der Waals surface area contributed by atoms with Crippen LogP contribution in [0.15, 0.2) is 58.2 Å². The smallest absolute Gasteiger partial charge is 0.248 e. The number of benzene rings is 2. The predicted octanol–water partition coefficient (Wildman–Crippen LogP) is 2.85. The first kappa shape index (κ1) is 20.9. The van der Waals surface area contributed by atoms with E-state index in [1.807, 2.05) is 32.0 Å². The van der Waals surface area contributed by atoms with E-state index in [0.29, 0.717) is 42.0 Å². The van der Waals surface area contributed by atoms with Crippen LogP contribution in [0.5, 0.6) is 11.5 Å². The molecule has 8 heteroatoms. The third-order valence-corrected chi connectivity index (χ3v) is 5.78. The number of aromatic amines is 1. The molecule has 3 rings (SSSR count). The van der Waals surface area contributed by atoms with Gasteiger partial charge in [-0.25, -0.2) is 13.1 Å². The van der Waals surface area contributed by atoms with Crippen LogP contribution < -0.4 is 19.8 Å². The number of aromatic nitrogens is 1. The number of H-pyrrole nitrogens is 1. The van der Waals surface area contributed by atoms with Gasteiger partial charge in [0.2, 0.25) is 15.6 Å². The molecule has 0 unspecified atom stereocenters. The van der Waals surface area contributed by atoms with Gasteiger partial charge in [-0.15, -0.1) is 0 Å². The van der Waals surface area contributed by atoms with Gasteiger partial charge in [-0.05, 0) is 67.6 Å². The molecular formula is C21H24N2O5S. The minimum absolute atomic E-state index is 0.152. The van der Waals surface area contributed by atoms with E-state index in [9.17, 15) is 13.2 Å². The van der Waals surface area contributed by atoms with Crippen molar-refractivity contribution in [1.82, 2.24) is 9.71 Å². The molecule has 0 atom stereocenters. The SMILES string of the molecule is CCOc1ccc(CCNS(=O)(=O)c2ccc3[nH]c(=O)ccc3c2)cc1OCC. The minimum atomic E-state index is -3.67. The normalized spacial score (nSPS) is 11.5. The van der Waals surface area contributed by atoms with E-state index < -0.39 is 10.0 Å². The minimum Gasteiger partial charge on any atom is -0.490 e. The quantitative estimate of drug-likeness (QED) is 0.559. The molecular weight excluding hydrogens is 392 g/mol. The van der Waals surface area contributed by atoms with Gasteiger partial charge in [0.1, 0.15) is 0 Å². The fraction of sp³-hybridized carbons (Fsp3) is 0.286. The van der Waals surface area contributed by atoms with Gasteiger partial charge in [0.05, 0.1) is 18.1 Å². The number of ether oxygens (including phenoxy) is 2. The fourth-order valence-electron chi connectivity index (χ4n) is 2.96. The molecule has 0 aliphatic heterocycles. The molecule has 29 heavy (non-hydrogen) atoms. The third-order valence-electron chi connectivity index (χ3n) is 4.32. The van der Waals surface area contributed by atoms with Gasteiger partial charge in [0.15, 0.2) is 11.5 Å². The molecule has 154 valence electrons. The van der Waals surface area contributed by atoms with Crippen molar-refractivity contribution < 1.29 is 17.9 Å². The lowest BCUT2D eigenvalue weighted by Crippen LogP contribution is -2.26. The van der Waals surface area contributed by atoms with Crippen molar-refractivity contribution in [1.29, 1.82) is 0 Å². The molecule has 7 nitrogen and oxygen atoms in total. The Balaban J connectivity index is 1.70. The average molecular weight is 416 g/mol. The van der Waals surface area contributed by atoms with Crippen LogP contribution in [-0.2, 0) is 16.4 Å². The number of hydrogen-bond acceptors (Lipinski definition) is 5. The van der Waals surface area contributed by atoms with E-state index in [1.165, 1.54) is 18.2 Å². The molecule has 1 aromatic heterocycles. The van der Waals surface area contributed by atoms with Crippen LogP contribution in [0.2, 0.25) is 0 Å². The summed E-state index contributed by atoms with van der Waals surface area (Å²) in [7, 11) is -3.67. The van der Waals surface area contributed by atoms with E-state index in [2.05, 4.69) is 9.71 Å². The van der Waals surface area contributed by atoms with Gasteiger partial charge >= 0.3 is 0 Å². The Hall–Kier alpha value is -2.84. The molecule has 2 N–H and O–H groups in total. The second-order valence-corrected chi connectivity index (χ2v) is 8.13. The lowest BCUT2D eigenvalue weighted by molar-refractivity contribution is 0.287. The Morgan fingerprint density at radius 1 is 0.931 bits per heavy atom. The van der Waals surface area contributed by atoms with Crippen LogP contribution in [0, 0.1) is 0 Å². The van der Waals surface area contributed by atoms with Crippen molar-refractivity contribution in [3.63, 3.8) is 0 Å². The van der Waals surface area contributed by atoms with Gasteiger partial charge in [-0.2, -0.15) is 0 Å². The fourth-order valence-corrected chi connectivity index (χ4v) is 4.03. The van der Waals surface area contributed by atoms with Gasteiger partial charge in [0, 0.05) is 18.1 Å². The van der Waals surface area contributed by atoms with Gasteiger partial charge < -0.3 is 14.5 Å². The van der Waals surface area contributed by atoms with E-state index >= 15 is 0 Å². The maximum Gasteiger partial charge on any atom is 0.248 e. The van der Waals surface area contributed by atoms with Crippen molar-refractivity contribution in [3.05, 3.63) is 64.4 Å². The van der Waals surface area contributed by atoms with Gasteiger partial charge in [0.25, 0.3) is 0 Å². The van der Waals surface area contributed by atoms with Gasteiger partial charge in [-0.3, -0.25) is 4.79 Å². The summed E-state index contributed by atoms with van der Waals surface area (Å²) in [5.74, 6) is 1.33. The summed E-state index contributed by atoms with van der Waals surface area (Å²) in [5.41, 5.74) is 1.30. The lowest BCUT2D eigenvalue weighted by Gasteiger charge is -2.13. The Kier molecular flexibility index (Phi) is 6.56. The summed E-state index contributed by atoms with van der Waals surface area (Å²) in [6.45, 7) is 5.10. The Morgan fingerprint density at radius 3 is 2.45 bits per heavy atom. The highest BCUT2D eigenvalue weighted by molar-refractivity contribution is 7.89. The maximum absolute atomic E-state index is 12.6. The lowest BCUT2D eigenvalue weighted by atomic mass is 10.1. The Labute approximate surface area is 169 Å². The van der Waals surface area contributed by atoms with Crippen molar-refractivity contribution in [2.45, 2.75) is 25.2 Å². The zero-order valence-electron chi connectivity index (χ0n) is 16.4. The summed E-state index contributed by atoms with van der Waals surface area (Å²) in [6.07, 6.45) is 0.507. The van der Waals surface area contributed by atoms with Crippen molar-refractivity contribution in [2.75, 3.05) is 19.8 Å². The molecule has 1 heterocycles. The second-order valence-electron chi connectivity index (χ2n) is 6.37. The molecule has 0 fully saturated rings. The molecule has 0 saturated carbocycles. The average Bonchev–Trinajstić information content (AvgIpc) is 2.69. The summed E-state index contributed by atoms with van der Waals surface area (Å²) < 4.78 is 39.0. The molecule has 0 bridgehead atoms. The van der Waals surface area contributed by atoms with Crippen LogP contribution >= 0.6 is 0 Å². The van der Waals surface area contributed by atoms with E-state index in [-0.39, 0.29) is 17.0 Å². The highest BCUT2D eigenvalue weighted by Crippen LogP contribution is 2.28. The molecule has 0 amide bonds. The van der Waals surface area contributed by atoms with E-state index in [0.717, 1.165) is 5.56 Å². The zero-order chi connectivity index (χ0) is 20.9. The van der Waals surface area contributed by atoms with Crippen LogP contribution in [0.3, 0.4) is 0 Å².